The van der Waals surface area contributed by atoms with Gasteiger partial charge >= 0.3 is 6.03 Å². The molecule has 0 aliphatic heterocycles. The molecule has 0 bridgehead atoms. The number of nitrogens with one attached hydrogen (secondary N) is 2. The van der Waals surface area contributed by atoms with Crippen LogP contribution in [0, 0.1) is 5.41 Å². The molecule has 5 heteroatoms. The summed E-state index contributed by atoms with van der Waals surface area (Å²) in [7, 11) is 0. The van der Waals surface area contributed by atoms with Crippen LogP contribution >= 0.6 is 0 Å². The lowest BCUT2D eigenvalue weighted by Gasteiger charge is -2.31. The highest BCUT2D eigenvalue weighted by molar-refractivity contribution is 6.00. The fourth-order valence-corrected chi connectivity index (χ4v) is 3.33. The van der Waals surface area contributed by atoms with E-state index in [2.05, 4.69) is 24.5 Å². The number of carbonyl (C=O) groups is 2. The van der Waals surface area contributed by atoms with Gasteiger partial charge in [0.1, 0.15) is 0 Å². The Balaban J connectivity index is 1.97. The van der Waals surface area contributed by atoms with Crippen LogP contribution in [0.3, 0.4) is 0 Å². The van der Waals surface area contributed by atoms with E-state index >= 15 is 0 Å². The number of anilines is 1. The zero-order chi connectivity index (χ0) is 17.6. The van der Waals surface area contributed by atoms with Gasteiger partial charge in [0, 0.05) is 30.8 Å². The molecule has 0 saturated carbocycles. The highest BCUT2D eigenvalue weighted by Gasteiger charge is 2.26. The fourth-order valence-electron chi connectivity index (χ4n) is 3.33. The number of aryl methyl sites for hydroxylation is 1. The Morgan fingerprint density at radius 2 is 2.00 bits per heavy atom. The number of fused-ring (bicyclic) bond motifs is 1. The monoisotopic (exact) mass is 332 g/mol. The van der Waals surface area contributed by atoms with Crippen LogP contribution in [0.4, 0.5) is 10.5 Å². The maximum atomic E-state index is 12.2. The quantitative estimate of drug-likeness (QED) is 0.715. The molecular weight excluding hydrogens is 304 g/mol. The standard InChI is InChI=1S/C19H28N2O3/c1-3-19(4-2,10-11-22)13-20-18(24)21-15-9-8-14-6-5-7-17(23)16(14)12-15/h8-9,12,22H,3-7,10-11,13H2,1-2H3,(H2,20,21,24). The number of Topliss-reactive ketones (excluding diaryl/α,β-unsaturated/α-hetero) is 1. The molecule has 0 radical (unpaired) electrons. The van der Waals surface area contributed by atoms with E-state index in [9.17, 15) is 14.7 Å². The highest BCUT2D eigenvalue weighted by atomic mass is 16.3. The van der Waals surface area contributed by atoms with Crippen LogP contribution in [-0.4, -0.2) is 30.1 Å². The summed E-state index contributed by atoms with van der Waals surface area (Å²) < 4.78 is 0. The van der Waals surface area contributed by atoms with E-state index in [-0.39, 0.29) is 23.8 Å². The number of carbonyl (C=O) groups excluding carboxylic acids is 2. The van der Waals surface area contributed by atoms with Gasteiger partial charge in [-0.25, -0.2) is 4.79 Å². The number of aliphatic hydroxyl groups excluding tert-OH is 1. The minimum absolute atomic E-state index is 0.0715. The summed E-state index contributed by atoms with van der Waals surface area (Å²) in [5.41, 5.74) is 2.37. The number of urea groups is 1. The SMILES string of the molecule is CCC(CC)(CCO)CNC(=O)Nc1ccc2c(c1)C(=O)CCC2. The predicted molar refractivity (Wildman–Crippen MR) is 95.4 cm³/mol. The number of rotatable bonds is 7. The van der Waals surface area contributed by atoms with Crippen molar-refractivity contribution in [1.29, 1.82) is 0 Å². The van der Waals surface area contributed by atoms with Crippen molar-refractivity contribution >= 4 is 17.5 Å². The van der Waals surface area contributed by atoms with Crippen LogP contribution in [0.15, 0.2) is 18.2 Å². The second-order valence-electron chi connectivity index (χ2n) is 6.64. The Labute approximate surface area is 143 Å². The molecule has 2 rings (SSSR count). The second-order valence-corrected chi connectivity index (χ2v) is 6.64. The van der Waals surface area contributed by atoms with Gasteiger partial charge in [0.2, 0.25) is 0 Å². The Morgan fingerprint density at radius 3 is 2.67 bits per heavy atom. The molecule has 0 fully saturated rings. The molecule has 132 valence electrons. The van der Waals surface area contributed by atoms with Gasteiger partial charge in [-0.2, -0.15) is 0 Å². The summed E-state index contributed by atoms with van der Waals surface area (Å²) in [4.78, 5) is 24.2. The third-order valence-corrected chi connectivity index (χ3v) is 5.28. The van der Waals surface area contributed by atoms with Crippen LogP contribution in [0.5, 0.6) is 0 Å². The number of hydrogen-bond donors (Lipinski definition) is 3. The van der Waals surface area contributed by atoms with Gasteiger partial charge in [-0.05, 0) is 55.2 Å². The number of aliphatic hydroxyl groups is 1. The average molecular weight is 332 g/mol. The highest BCUT2D eigenvalue weighted by Crippen LogP contribution is 2.29. The summed E-state index contributed by atoms with van der Waals surface area (Å²) in [6.45, 7) is 4.80. The fraction of sp³-hybridized carbons (Fsp3) is 0.579. The zero-order valence-electron chi connectivity index (χ0n) is 14.7. The van der Waals surface area contributed by atoms with Crippen molar-refractivity contribution in [3.63, 3.8) is 0 Å². The van der Waals surface area contributed by atoms with E-state index in [0.717, 1.165) is 36.8 Å². The summed E-state index contributed by atoms with van der Waals surface area (Å²) in [6, 6.07) is 5.27. The topological polar surface area (TPSA) is 78.4 Å². The number of amides is 2. The van der Waals surface area contributed by atoms with Crippen LogP contribution in [-0.2, 0) is 6.42 Å². The van der Waals surface area contributed by atoms with E-state index in [1.54, 1.807) is 6.07 Å². The van der Waals surface area contributed by atoms with Gasteiger partial charge in [0.15, 0.2) is 5.78 Å². The molecule has 0 spiro atoms. The molecule has 0 saturated heterocycles. The first-order valence-electron chi connectivity index (χ1n) is 8.85. The van der Waals surface area contributed by atoms with E-state index in [1.807, 2.05) is 12.1 Å². The molecule has 0 heterocycles. The average Bonchev–Trinajstić information content (AvgIpc) is 2.59. The molecule has 24 heavy (non-hydrogen) atoms. The lowest BCUT2D eigenvalue weighted by atomic mass is 9.79. The van der Waals surface area contributed by atoms with Crippen molar-refractivity contribution < 1.29 is 14.7 Å². The first-order chi connectivity index (χ1) is 11.5. The van der Waals surface area contributed by atoms with Gasteiger partial charge < -0.3 is 15.7 Å². The number of hydrogen-bond acceptors (Lipinski definition) is 3. The minimum atomic E-state index is -0.276. The number of ketones is 1. The molecule has 3 N–H and O–H groups in total. The summed E-state index contributed by atoms with van der Waals surface area (Å²) in [5, 5.41) is 15.0. The predicted octanol–water partition coefficient (Wildman–Crippen LogP) is 3.52. The van der Waals surface area contributed by atoms with Crippen molar-refractivity contribution in [3.05, 3.63) is 29.3 Å². The van der Waals surface area contributed by atoms with E-state index in [1.165, 1.54) is 0 Å². The molecule has 0 atom stereocenters. The molecule has 1 aromatic carbocycles. The van der Waals surface area contributed by atoms with Crippen molar-refractivity contribution in [1.82, 2.24) is 5.32 Å². The summed E-state index contributed by atoms with van der Waals surface area (Å²) in [5.74, 6) is 0.152. The van der Waals surface area contributed by atoms with Crippen LogP contribution in [0.2, 0.25) is 0 Å². The first kappa shape index (κ1) is 18.5. The van der Waals surface area contributed by atoms with Crippen molar-refractivity contribution in [3.8, 4) is 0 Å². The maximum absolute atomic E-state index is 12.2. The molecule has 5 nitrogen and oxygen atoms in total. The summed E-state index contributed by atoms with van der Waals surface area (Å²) >= 11 is 0. The third-order valence-electron chi connectivity index (χ3n) is 5.28. The minimum Gasteiger partial charge on any atom is -0.396 e. The normalized spacial score (nSPS) is 14.2. The van der Waals surface area contributed by atoms with Gasteiger partial charge in [-0.3, -0.25) is 4.79 Å². The van der Waals surface area contributed by atoms with E-state index < -0.39 is 0 Å². The second kappa shape index (κ2) is 8.29. The smallest absolute Gasteiger partial charge is 0.319 e. The molecule has 0 aromatic heterocycles. The van der Waals surface area contributed by atoms with E-state index in [0.29, 0.717) is 25.1 Å². The molecule has 1 aliphatic carbocycles. The molecular formula is C19H28N2O3. The molecule has 0 unspecified atom stereocenters. The van der Waals surface area contributed by atoms with Crippen LogP contribution in [0.1, 0.15) is 61.9 Å². The largest absolute Gasteiger partial charge is 0.396 e. The molecule has 2 amide bonds. The maximum Gasteiger partial charge on any atom is 0.319 e. The van der Waals surface area contributed by atoms with E-state index in [4.69, 9.17) is 0 Å². The Hall–Kier alpha value is -1.88. The van der Waals surface area contributed by atoms with Gasteiger partial charge in [0.05, 0.1) is 0 Å². The summed E-state index contributed by atoms with van der Waals surface area (Å²) in [6.07, 6.45) is 4.88. The Morgan fingerprint density at radius 1 is 1.25 bits per heavy atom. The molecule has 1 aliphatic rings. The Bertz CT molecular complexity index is 594. The lowest BCUT2D eigenvalue weighted by Crippen LogP contribution is -2.39. The van der Waals surface area contributed by atoms with Crippen molar-refractivity contribution in [2.24, 2.45) is 5.41 Å². The Kier molecular flexibility index (Phi) is 6.37. The van der Waals surface area contributed by atoms with Crippen molar-refractivity contribution in [2.45, 2.75) is 52.4 Å². The van der Waals surface area contributed by atoms with Crippen LogP contribution < -0.4 is 10.6 Å². The van der Waals surface area contributed by atoms with Crippen LogP contribution in [0.25, 0.3) is 0 Å². The zero-order valence-corrected chi connectivity index (χ0v) is 14.7. The third kappa shape index (κ3) is 4.35. The van der Waals surface area contributed by atoms with Gasteiger partial charge in [-0.1, -0.05) is 19.9 Å². The van der Waals surface area contributed by atoms with Gasteiger partial charge in [-0.15, -0.1) is 0 Å². The van der Waals surface area contributed by atoms with Gasteiger partial charge in [0.25, 0.3) is 0 Å². The molecule has 1 aromatic rings. The lowest BCUT2D eigenvalue weighted by molar-refractivity contribution is 0.0972. The first-order valence-corrected chi connectivity index (χ1v) is 8.85. The number of benzene rings is 1. The van der Waals surface area contributed by atoms with Crippen molar-refractivity contribution in [2.75, 3.05) is 18.5 Å².